The Morgan fingerprint density at radius 1 is 1.03 bits per heavy atom. The molecule has 3 N–H and O–H groups in total. The van der Waals surface area contributed by atoms with E-state index in [4.69, 9.17) is 10.5 Å². The van der Waals surface area contributed by atoms with Gasteiger partial charge in [-0.15, -0.1) is 0 Å². The number of nitrogen functional groups attached to an aromatic ring is 1. The lowest BCUT2D eigenvalue weighted by Gasteiger charge is -2.29. The van der Waals surface area contributed by atoms with Crippen molar-refractivity contribution in [3.63, 3.8) is 0 Å². The highest BCUT2D eigenvalue weighted by molar-refractivity contribution is 5.97. The summed E-state index contributed by atoms with van der Waals surface area (Å²) in [5.41, 5.74) is 10.7. The third kappa shape index (κ3) is 3.61. The maximum atomic E-state index is 15.6. The number of nitrogens with two attached hydrogens (primary N) is 1. The minimum atomic E-state index is -0.410. The van der Waals surface area contributed by atoms with Crippen LogP contribution in [-0.4, -0.2) is 43.7 Å². The summed E-state index contributed by atoms with van der Waals surface area (Å²) in [7, 11) is 0. The number of pyridine rings is 1. The van der Waals surface area contributed by atoms with Gasteiger partial charge >= 0.3 is 0 Å². The topological polar surface area (TPSA) is 80.5 Å². The number of anilines is 2. The molecule has 31 heavy (non-hydrogen) atoms. The lowest BCUT2D eigenvalue weighted by atomic mass is 9.93. The van der Waals surface area contributed by atoms with E-state index >= 15 is 4.39 Å². The van der Waals surface area contributed by atoms with Gasteiger partial charge in [0.1, 0.15) is 11.6 Å². The van der Waals surface area contributed by atoms with E-state index in [1.807, 2.05) is 30.3 Å². The van der Waals surface area contributed by atoms with Crippen LogP contribution in [0.25, 0.3) is 22.3 Å². The second-order valence-electron chi connectivity index (χ2n) is 7.77. The molecule has 0 saturated carbocycles. The van der Waals surface area contributed by atoms with Crippen molar-refractivity contribution in [1.29, 1.82) is 0 Å². The fraction of sp³-hybridized carbons (Fsp3) is 0.250. The number of carbonyl (C=O) groups is 1. The molecule has 2 aliphatic heterocycles. The molecule has 7 heteroatoms. The van der Waals surface area contributed by atoms with Gasteiger partial charge in [0.15, 0.2) is 0 Å². The van der Waals surface area contributed by atoms with Crippen molar-refractivity contribution in [1.82, 2.24) is 10.3 Å². The predicted molar refractivity (Wildman–Crippen MR) is 119 cm³/mol. The van der Waals surface area contributed by atoms with E-state index in [1.54, 1.807) is 12.1 Å². The number of hydrogen-bond donors (Lipinski definition) is 2. The van der Waals surface area contributed by atoms with Crippen molar-refractivity contribution in [3.8, 4) is 22.3 Å². The number of ether oxygens (including phenoxy) is 1. The Hall–Kier alpha value is -3.45. The minimum absolute atomic E-state index is 0.103. The monoisotopic (exact) mass is 418 g/mol. The van der Waals surface area contributed by atoms with Crippen molar-refractivity contribution in [2.75, 3.05) is 43.5 Å². The molecule has 0 atom stereocenters. The number of morpholine rings is 1. The Labute approximate surface area is 179 Å². The van der Waals surface area contributed by atoms with Crippen LogP contribution in [-0.2, 0) is 11.2 Å². The van der Waals surface area contributed by atoms with Crippen molar-refractivity contribution in [2.24, 2.45) is 0 Å². The Kier molecular flexibility index (Phi) is 5.03. The molecule has 1 saturated heterocycles. The highest BCUT2D eigenvalue weighted by Gasteiger charge is 2.21. The quantitative estimate of drug-likeness (QED) is 0.683. The summed E-state index contributed by atoms with van der Waals surface area (Å²) in [6.45, 7) is 3.68. The van der Waals surface area contributed by atoms with Gasteiger partial charge in [-0.25, -0.2) is 9.37 Å². The molecule has 0 unspecified atom stereocenters. The standard InChI is InChI=1S/C24H23FN4O2/c25-22-20(15-1-4-18(5-2-15)29-9-11-31-12-10-29)14-28-23(26)21(22)17-3-6-19-16(13-17)7-8-27-24(19)30/h1-6,13-14H,7-12H2,(H2,26,28)(H,27,30). The zero-order chi connectivity index (χ0) is 21.4. The number of nitrogens with one attached hydrogen (secondary N) is 1. The summed E-state index contributed by atoms with van der Waals surface area (Å²) in [5, 5.41) is 2.82. The van der Waals surface area contributed by atoms with Crippen LogP contribution >= 0.6 is 0 Å². The average molecular weight is 418 g/mol. The molecule has 3 aromatic rings. The molecule has 5 rings (SSSR count). The third-order valence-corrected chi connectivity index (χ3v) is 5.92. The number of halogens is 1. The molecular weight excluding hydrogens is 395 g/mol. The van der Waals surface area contributed by atoms with Crippen molar-refractivity contribution in [3.05, 3.63) is 65.6 Å². The first-order valence-electron chi connectivity index (χ1n) is 10.4. The first-order valence-corrected chi connectivity index (χ1v) is 10.4. The molecule has 1 aromatic heterocycles. The molecule has 0 aliphatic carbocycles. The molecule has 1 amide bonds. The largest absolute Gasteiger partial charge is 0.383 e. The number of fused-ring (bicyclic) bond motifs is 1. The van der Waals surface area contributed by atoms with E-state index in [0.29, 0.717) is 42.9 Å². The van der Waals surface area contributed by atoms with Gasteiger partial charge in [0.05, 0.1) is 18.8 Å². The molecule has 158 valence electrons. The van der Waals surface area contributed by atoms with Crippen LogP contribution in [0.15, 0.2) is 48.7 Å². The van der Waals surface area contributed by atoms with Crippen molar-refractivity contribution >= 4 is 17.4 Å². The predicted octanol–water partition coefficient (Wildman–Crippen LogP) is 3.26. The summed E-state index contributed by atoms with van der Waals surface area (Å²) in [4.78, 5) is 18.5. The maximum absolute atomic E-state index is 15.6. The van der Waals surface area contributed by atoms with Crippen LogP contribution in [0.4, 0.5) is 15.9 Å². The molecule has 0 spiro atoms. The second kappa shape index (κ2) is 8.00. The Bertz CT molecular complexity index is 1140. The first kappa shape index (κ1) is 19.5. The molecule has 1 fully saturated rings. The summed E-state index contributed by atoms with van der Waals surface area (Å²) in [6.07, 6.45) is 2.18. The zero-order valence-corrected chi connectivity index (χ0v) is 17.0. The maximum Gasteiger partial charge on any atom is 0.251 e. The molecule has 0 bridgehead atoms. The highest BCUT2D eigenvalue weighted by Crippen LogP contribution is 2.35. The minimum Gasteiger partial charge on any atom is -0.383 e. The van der Waals surface area contributed by atoms with E-state index in [-0.39, 0.29) is 17.3 Å². The summed E-state index contributed by atoms with van der Waals surface area (Å²) < 4.78 is 21.0. The van der Waals surface area contributed by atoms with E-state index in [9.17, 15) is 4.79 Å². The number of hydrogen-bond acceptors (Lipinski definition) is 5. The van der Waals surface area contributed by atoms with Gasteiger partial charge in [-0.2, -0.15) is 0 Å². The van der Waals surface area contributed by atoms with Crippen molar-refractivity contribution < 1.29 is 13.9 Å². The van der Waals surface area contributed by atoms with Crippen LogP contribution in [0, 0.1) is 5.82 Å². The fourth-order valence-electron chi connectivity index (χ4n) is 4.24. The number of nitrogens with zero attached hydrogens (tertiary/aromatic N) is 2. The molecule has 6 nitrogen and oxygen atoms in total. The Balaban J connectivity index is 1.51. The smallest absolute Gasteiger partial charge is 0.251 e. The van der Waals surface area contributed by atoms with E-state index in [1.165, 1.54) is 6.20 Å². The van der Waals surface area contributed by atoms with Gasteiger partial charge in [0.2, 0.25) is 0 Å². The van der Waals surface area contributed by atoms with Crippen LogP contribution in [0.3, 0.4) is 0 Å². The van der Waals surface area contributed by atoms with E-state index in [0.717, 1.165) is 29.9 Å². The number of rotatable bonds is 3. The van der Waals surface area contributed by atoms with Crippen LogP contribution in [0.5, 0.6) is 0 Å². The first-order chi connectivity index (χ1) is 15.1. The number of benzene rings is 2. The number of aromatic nitrogens is 1. The Morgan fingerprint density at radius 3 is 2.55 bits per heavy atom. The molecule has 2 aromatic carbocycles. The van der Waals surface area contributed by atoms with Crippen LogP contribution < -0.4 is 16.0 Å². The molecule has 0 radical (unpaired) electrons. The summed E-state index contributed by atoms with van der Waals surface area (Å²) in [6, 6.07) is 13.1. The van der Waals surface area contributed by atoms with Gasteiger partial charge in [0, 0.05) is 42.6 Å². The van der Waals surface area contributed by atoms with Gasteiger partial charge in [-0.05, 0) is 41.3 Å². The SMILES string of the molecule is Nc1ncc(-c2ccc(N3CCOCC3)cc2)c(F)c1-c1ccc2c(c1)CCNC2=O. The van der Waals surface area contributed by atoms with Crippen LogP contribution in [0.2, 0.25) is 0 Å². The second-order valence-corrected chi connectivity index (χ2v) is 7.77. The highest BCUT2D eigenvalue weighted by atomic mass is 19.1. The fourth-order valence-corrected chi connectivity index (χ4v) is 4.24. The van der Waals surface area contributed by atoms with Gasteiger partial charge in [-0.3, -0.25) is 4.79 Å². The van der Waals surface area contributed by atoms with Crippen LogP contribution in [0.1, 0.15) is 15.9 Å². The normalized spacial score (nSPS) is 16.0. The summed E-state index contributed by atoms with van der Waals surface area (Å²) >= 11 is 0. The van der Waals surface area contributed by atoms with Crippen molar-refractivity contribution in [2.45, 2.75) is 6.42 Å². The van der Waals surface area contributed by atoms with Gasteiger partial charge < -0.3 is 20.7 Å². The number of amides is 1. The molecular formula is C24H23FN4O2. The third-order valence-electron chi connectivity index (χ3n) is 5.92. The average Bonchev–Trinajstić information content (AvgIpc) is 2.80. The van der Waals surface area contributed by atoms with E-state index < -0.39 is 5.82 Å². The molecule has 3 heterocycles. The summed E-state index contributed by atoms with van der Waals surface area (Å²) in [5.74, 6) is -0.383. The van der Waals surface area contributed by atoms with Gasteiger partial charge in [0.25, 0.3) is 5.91 Å². The lowest BCUT2D eigenvalue weighted by molar-refractivity contribution is 0.0946. The number of carbonyl (C=O) groups excluding carboxylic acids is 1. The Morgan fingerprint density at radius 2 is 1.77 bits per heavy atom. The lowest BCUT2D eigenvalue weighted by Crippen LogP contribution is -2.36. The van der Waals surface area contributed by atoms with Gasteiger partial charge in [-0.1, -0.05) is 24.3 Å². The van der Waals surface area contributed by atoms with E-state index in [2.05, 4.69) is 15.2 Å². The zero-order valence-electron chi connectivity index (χ0n) is 17.0. The molecule has 2 aliphatic rings.